The number of carbonyl (C=O) groups excluding carboxylic acids is 1. The summed E-state index contributed by atoms with van der Waals surface area (Å²) >= 11 is 6.10. The van der Waals surface area contributed by atoms with Crippen LogP contribution < -0.4 is 15.0 Å². The number of benzene rings is 2. The molecule has 1 aromatic heterocycles. The average molecular weight is 427 g/mol. The van der Waals surface area contributed by atoms with E-state index in [0.29, 0.717) is 28.2 Å². The number of amides is 1. The van der Waals surface area contributed by atoms with Gasteiger partial charge in [0.15, 0.2) is 0 Å². The fourth-order valence-electron chi connectivity index (χ4n) is 3.56. The van der Waals surface area contributed by atoms with Gasteiger partial charge in [0.2, 0.25) is 5.89 Å². The van der Waals surface area contributed by atoms with E-state index in [4.69, 9.17) is 20.8 Å². The Kier molecular flexibility index (Phi) is 6.18. The highest BCUT2D eigenvalue weighted by Crippen LogP contribution is 2.28. The molecule has 1 amide bonds. The maximum Gasteiger partial charge on any atom is 0.318 e. The molecule has 1 aliphatic rings. The smallest absolute Gasteiger partial charge is 0.318 e. The van der Waals surface area contributed by atoms with Crippen LogP contribution in [-0.2, 0) is 0 Å². The van der Waals surface area contributed by atoms with E-state index in [9.17, 15) is 4.79 Å². The van der Waals surface area contributed by atoms with E-state index < -0.39 is 6.04 Å². The van der Waals surface area contributed by atoms with Gasteiger partial charge in [0, 0.05) is 18.1 Å². The van der Waals surface area contributed by atoms with Crippen LogP contribution in [0.4, 0.5) is 6.01 Å². The van der Waals surface area contributed by atoms with E-state index in [1.165, 1.54) is 13.5 Å². The van der Waals surface area contributed by atoms with Crippen molar-refractivity contribution in [3.8, 4) is 5.75 Å². The van der Waals surface area contributed by atoms with Crippen LogP contribution in [0.25, 0.3) is 0 Å². The summed E-state index contributed by atoms with van der Waals surface area (Å²) in [6.07, 6.45) is 3.41. The predicted molar refractivity (Wildman–Crippen MR) is 114 cm³/mol. The van der Waals surface area contributed by atoms with Gasteiger partial charge in [-0.1, -0.05) is 47.0 Å². The van der Waals surface area contributed by atoms with Crippen LogP contribution >= 0.6 is 11.6 Å². The summed E-state index contributed by atoms with van der Waals surface area (Å²) in [5.74, 6) is 0.417. The number of nitrogens with zero attached hydrogens (tertiary/aromatic N) is 3. The van der Waals surface area contributed by atoms with Gasteiger partial charge in [-0.25, -0.2) is 0 Å². The van der Waals surface area contributed by atoms with Gasteiger partial charge >= 0.3 is 6.01 Å². The van der Waals surface area contributed by atoms with Crippen molar-refractivity contribution >= 4 is 23.5 Å². The number of piperidine rings is 1. The van der Waals surface area contributed by atoms with E-state index in [1.54, 1.807) is 18.2 Å². The summed E-state index contributed by atoms with van der Waals surface area (Å²) < 4.78 is 11.3. The summed E-state index contributed by atoms with van der Waals surface area (Å²) in [7, 11) is 1.51. The van der Waals surface area contributed by atoms with Crippen LogP contribution in [0.15, 0.2) is 52.9 Å². The van der Waals surface area contributed by atoms with Gasteiger partial charge in [-0.3, -0.25) is 4.79 Å². The molecular weight excluding hydrogens is 404 g/mol. The molecule has 1 saturated heterocycles. The molecule has 3 aromatic rings. The highest BCUT2D eigenvalue weighted by Gasteiger charge is 2.26. The number of hydrogen-bond acceptors (Lipinski definition) is 6. The van der Waals surface area contributed by atoms with Gasteiger partial charge < -0.3 is 19.4 Å². The Morgan fingerprint density at radius 2 is 1.90 bits per heavy atom. The molecule has 0 aliphatic carbocycles. The van der Waals surface area contributed by atoms with Crippen molar-refractivity contribution in [1.29, 1.82) is 0 Å². The molecule has 2 aromatic carbocycles. The monoisotopic (exact) mass is 426 g/mol. The zero-order valence-corrected chi connectivity index (χ0v) is 17.4. The third-order valence-corrected chi connectivity index (χ3v) is 5.35. The molecule has 7 nitrogen and oxygen atoms in total. The molecule has 156 valence electrons. The lowest BCUT2D eigenvalue weighted by Gasteiger charge is -2.24. The van der Waals surface area contributed by atoms with Crippen molar-refractivity contribution in [2.24, 2.45) is 0 Å². The van der Waals surface area contributed by atoms with Crippen molar-refractivity contribution < 1.29 is 13.9 Å². The Balaban J connectivity index is 1.64. The zero-order chi connectivity index (χ0) is 20.9. The number of aromatic nitrogens is 2. The number of anilines is 1. The van der Waals surface area contributed by atoms with Crippen LogP contribution in [0.2, 0.25) is 5.02 Å². The van der Waals surface area contributed by atoms with Crippen molar-refractivity contribution in [3.05, 3.63) is 70.6 Å². The average Bonchev–Trinajstić information content (AvgIpc) is 3.28. The standard InChI is InChI=1S/C22H23ClN4O3/c1-29-18-11-10-16(23)14-17(18)20(28)24-19(15-8-4-2-5-9-15)21-25-26-22(30-21)27-12-6-3-7-13-27/h2,4-5,8-11,14,19H,3,6-7,12-13H2,1H3,(H,24,28). The number of carbonyl (C=O) groups is 1. The Labute approximate surface area is 180 Å². The third-order valence-electron chi connectivity index (χ3n) is 5.12. The predicted octanol–water partition coefficient (Wildman–Crippen LogP) is 4.24. The van der Waals surface area contributed by atoms with Gasteiger partial charge in [-0.05, 0) is 43.0 Å². The van der Waals surface area contributed by atoms with Crippen molar-refractivity contribution in [1.82, 2.24) is 15.5 Å². The lowest BCUT2D eigenvalue weighted by Crippen LogP contribution is -2.30. The molecule has 0 bridgehead atoms. The molecule has 1 fully saturated rings. The molecule has 0 spiro atoms. The molecule has 1 N–H and O–H groups in total. The van der Waals surface area contributed by atoms with Gasteiger partial charge in [0.05, 0.1) is 12.7 Å². The lowest BCUT2D eigenvalue weighted by atomic mass is 10.1. The minimum Gasteiger partial charge on any atom is -0.496 e. The van der Waals surface area contributed by atoms with Crippen LogP contribution in [-0.4, -0.2) is 36.3 Å². The largest absolute Gasteiger partial charge is 0.496 e. The first-order valence-electron chi connectivity index (χ1n) is 9.93. The molecule has 0 radical (unpaired) electrons. The SMILES string of the molecule is COc1ccc(Cl)cc1C(=O)NC(c1ccccc1)c1nnc(N2CCCCC2)o1. The Bertz CT molecular complexity index is 1000. The van der Waals surface area contributed by atoms with Crippen LogP contribution in [0.1, 0.15) is 47.1 Å². The third kappa shape index (κ3) is 4.41. The van der Waals surface area contributed by atoms with Crippen LogP contribution in [0, 0.1) is 0 Å². The first-order valence-corrected chi connectivity index (χ1v) is 10.3. The minimum absolute atomic E-state index is 0.330. The quantitative estimate of drug-likeness (QED) is 0.635. The van der Waals surface area contributed by atoms with Crippen molar-refractivity contribution in [2.75, 3.05) is 25.1 Å². The summed E-state index contributed by atoms with van der Waals surface area (Å²) in [6.45, 7) is 1.79. The second-order valence-electron chi connectivity index (χ2n) is 7.13. The van der Waals surface area contributed by atoms with Gasteiger partial charge in [-0.15, -0.1) is 5.10 Å². The Morgan fingerprint density at radius 3 is 2.63 bits per heavy atom. The lowest BCUT2D eigenvalue weighted by molar-refractivity contribution is 0.0935. The number of methoxy groups -OCH3 is 1. The summed E-state index contributed by atoms with van der Waals surface area (Å²) in [5.41, 5.74) is 1.17. The maximum absolute atomic E-state index is 13.1. The van der Waals surface area contributed by atoms with Crippen molar-refractivity contribution in [2.45, 2.75) is 25.3 Å². The van der Waals surface area contributed by atoms with Crippen molar-refractivity contribution in [3.63, 3.8) is 0 Å². The second kappa shape index (κ2) is 9.17. The van der Waals surface area contributed by atoms with E-state index >= 15 is 0 Å². The Morgan fingerprint density at radius 1 is 1.13 bits per heavy atom. The number of nitrogens with one attached hydrogen (secondary N) is 1. The topological polar surface area (TPSA) is 80.5 Å². The minimum atomic E-state index is -0.603. The highest BCUT2D eigenvalue weighted by atomic mass is 35.5. The fourth-order valence-corrected chi connectivity index (χ4v) is 3.73. The van der Waals surface area contributed by atoms with E-state index in [0.717, 1.165) is 31.5 Å². The highest BCUT2D eigenvalue weighted by molar-refractivity contribution is 6.31. The first-order chi connectivity index (χ1) is 14.7. The summed E-state index contributed by atoms with van der Waals surface area (Å²) in [4.78, 5) is 15.2. The zero-order valence-electron chi connectivity index (χ0n) is 16.7. The number of ether oxygens (including phenoxy) is 1. The summed E-state index contributed by atoms with van der Waals surface area (Å²) in [6, 6.07) is 14.3. The van der Waals surface area contributed by atoms with Crippen LogP contribution in [0.3, 0.4) is 0 Å². The first kappa shape index (κ1) is 20.2. The molecule has 4 rings (SSSR count). The van der Waals surface area contributed by atoms with Gasteiger partial charge in [-0.2, -0.15) is 0 Å². The van der Waals surface area contributed by atoms with Gasteiger partial charge in [0.25, 0.3) is 5.91 Å². The van der Waals surface area contributed by atoms with E-state index in [-0.39, 0.29) is 5.91 Å². The molecular formula is C22H23ClN4O3. The molecule has 1 atom stereocenters. The maximum atomic E-state index is 13.1. The van der Waals surface area contributed by atoms with E-state index in [2.05, 4.69) is 20.4 Å². The molecule has 1 unspecified atom stereocenters. The summed E-state index contributed by atoms with van der Waals surface area (Å²) in [5, 5.41) is 11.9. The molecule has 2 heterocycles. The molecule has 1 aliphatic heterocycles. The van der Waals surface area contributed by atoms with Gasteiger partial charge in [0.1, 0.15) is 11.8 Å². The normalized spacial score (nSPS) is 14.9. The second-order valence-corrected chi connectivity index (χ2v) is 7.57. The number of rotatable bonds is 6. The number of hydrogen-bond donors (Lipinski definition) is 1. The van der Waals surface area contributed by atoms with E-state index in [1.807, 2.05) is 30.3 Å². The molecule has 8 heteroatoms. The molecule has 0 saturated carbocycles. The number of halogens is 1. The Hall–Kier alpha value is -3.06. The molecule has 30 heavy (non-hydrogen) atoms. The fraction of sp³-hybridized carbons (Fsp3) is 0.318. The van der Waals surface area contributed by atoms with Crippen LogP contribution in [0.5, 0.6) is 5.75 Å².